The lowest BCUT2D eigenvalue weighted by Gasteiger charge is -2.58. The molecule has 1 amide bonds. The molecule has 2 heterocycles. The van der Waals surface area contributed by atoms with Crippen LogP contribution in [0.2, 0.25) is 0 Å². The first-order valence-electron chi connectivity index (χ1n) is 13.6. The number of pyridine rings is 1. The number of aromatic nitrogens is 1. The Morgan fingerprint density at radius 3 is 2.55 bits per heavy atom. The van der Waals surface area contributed by atoms with E-state index in [9.17, 15) is 19.1 Å². The van der Waals surface area contributed by atoms with E-state index in [2.05, 4.69) is 26.8 Å². The van der Waals surface area contributed by atoms with Crippen LogP contribution in [0.15, 0.2) is 36.4 Å². The summed E-state index contributed by atoms with van der Waals surface area (Å²) >= 11 is 0. The van der Waals surface area contributed by atoms with Crippen LogP contribution in [0.5, 0.6) is 0 Å². The molecule has 7 rings (SSSR count). The zero-order chi connectivity index (χ0) is 26.6. The number of ether oxygens (including phenoxy) is 1. The molecular weight excluding hydrogens is 487 g/mol. The van der Waals surface area contributed by atoms with Gasteiger partial charge in [-0.05, 0) is 87.1 Å². The lowest BCUT2D eigenvalue weighted by Crippen LogP contribution is -2.61. The first kappa shape index (κ1) is 25.1. The molecule has 5 aliphatic rings. The van der Waals surface area contributed by atoms with E-state index in [0.717, 1.165) is 37.9 Å². The Morgan fingerprint density at radius 2 is 1.89 bits per heavy atom. The van der Waals surface area contributed by atoms with Crippen molar-refractivity contribution in [2.45, 2.75) is 56.7 Å². The van der Waals surface area contributed by atoms with Crippen molar-refractivity contribution in [2.24, 2.45) is 17.8 Å². The Kier molecular flexibility index (Phi) is 6.29. The van der Waals surface area contributed by atoms with Crippen LogP contribution in [0.1, 0.15) is 59.9 Å². The fraction of sp³-hybridized carbons (Fsp3) is 0.552. The fourth-order valence-corrected chi connectivity index (χ4v) is 7.66. The van der Waals surface area contributed by atoms with Gasteiger partial charge in [0, 0.05) is 37.4 Å². The molecule has 0 radical (unpaired) electrons. The zero-order valence-corrected chi connectivity index (χ0v) is 21.9. The van der Waals surface area contributed by atoms with Crippen LogP contribution < -0.4 is 15.1 Å². The number of rotatable bonds is 5. The van der Waals surface area contributed by atoms with Gasteiger partial charge in [-0.1, -0.05) is 6.07 Å². The molecule has 202 valence electrons. The Hall–Kier alpha value is -3.20. The number of benzene rings is 1. The van der Waals surface area contributed by atoms with Crippen LogP contribution in [0.3, 0.4) is 0 Å². The molecule has 8 nitrogen and oxygen atoms in total. The van der Waals surface area contributed by atoms with Gasteiger partial charge >= 0.3 is 5.97 Å². The van der Waals surface area contributed by atoms with E-state index in [1.54, 1.807) is 12.1 Å². The summed E-state index contributed by atoms with van der Waals surface area (Å²) < 4.78 is 19.1. The molecule has 2 aromatic rings. The van der Waals surface area contributed by atoms with Gasteiger partial charge in [0.1, 0.15) is 17.3 Å². The topological polar surface area (TPSA) is 95.0 Å². The third-order valence-corrected chi connectivity index (χ3v) is 9.15. The van der Waals surface area contributed by atoms with Crippen molar-refractivity contribution < 1.29 is 23.8 Å². The van der Waals surface area contributed by atoms with Crippen LogP contribution in [-0.4, -0.2) is 66.4 Å². The van der Waals surface area contributed by atoms with Crippen molar-refractivity contribution in [3.8, 4) is 0 Å². The standard InChI is InChI=1S/C29H35FN4O4/c1-17-16-33(21-6-7-22(23(30)12-21)28(36)38-2)8-9-34(17)25-5-3-4-24(31-25)27(35)32-26-19-10-18-11-20(26)15-29(37,13-18)14-19/h3-7,12,17-20,26,37H,8-11,13-16H2,1-2H3,(H,32,35)/t17-,18?,19-,20-,26?,29?/m1/s1. The number of halogens is 1. The van der Waals surface area contributed by atoms with Gasteiger partial charge < -0.3 is 25.0 Å². The summed E-state index contributed by atoms with van der Waals surface area (Å²) in [5.41, 5.74) is 0.517. The molecule has 4 bridgehead atoms. The van der Waals surface area contributed by atoms with E-state index >= 15 is 0 Å². The number of nitrogens with one attached hydrogen (secondary N) is 1. The molecule has 2 N–H and O–H groups in total. The minimum Gasteiger partial charge on any atom is -0.465 e. The van der Waals surface area contributed by atoms with E-state index in [4.69, 9.17) is 4.98 Å². The quantitative estimate of drug-likeness (QED) is 0.582. The largest absolute Gasteiger partial charge is 0.465 e. The van der Waals surface area contributed by atoms with Crippen molar-refractivity contribution in [3.63, 3.8) is 0 Å². The van der Waals surface area contributed by atoms with E-state index in [1.807, 2.05) is 12.1 Å². The number of carbonyl (C=O) groups is 2. The monoisotopic (exact) mass is 522 g/mol. The van der Waals surface area contributed by atoms with E-state index in [0.29, 0.717) is 48.8 Å². The number of carbonyl (C=O) groups excluding carboxylic acids is 2. The fourth-order valence-electron chi connectivity index (χ4n) is 7.66. The average Bonchev–Trinajstić information content (AvgIpc) is 2.89. The van der Waals surface area contributed by atoms with Crippen molar-refractivity contribution in [3.05, 3.63) is 53.5 Å². The van der Waals surface area contributed by atoms with Gasteiger partial charge in [0.25, 0.3) is 5.91 Å². The first-order valence-corrected chi connectivity index (χ1v) is 13.6. The molecule has 1 saturated heterocycles. The molecule has 0 spiro atoms. The number of hydrogen-bond acceptors (Lipinski definition) is 7. The third kappa shape index (κ3) is 4.51. The van der Waals surface area contributed by atoms with E-state index < -0.39 is 17.4 Å². The number of anilines is 2. The Labute approximate surface area is 222 Å². The highest BCUT2D eigenvalue weighted by Crippen LogP contribution is 2.55. The average molecular weight is 523 g/mol. The maximum Gasteiger partial charge on any atom is 0.340 e. The number of esters is 1. The molecule has 1 aromatic heterocycles. The van der Waals surface area contributed by atoms with Gasteiger partial charge in [0.05, 0.1) is 18.3 Å². The predicted molar refractivity (Wildman–Crippen MR) is 141 cm³/mol. The lowest BCUT2D eigenvalue weighted by atomic mass is 9.52. The Balaban J connectivity index is 1.11. The van der Waals surface area contributed by atoms with Crippen molar-refractivity contribution in [1.82, 2.24) is 10.3 Å². The Morgan fingerprint density at radius 1 is 1.13 bits per heavy atom. The van der Waals surface area contributed by atoms with Gasteiger partial charge in [-0.15, -0.1) is 0 Å². The number of piperazine rings is 1. The van der Waals surface area contributed by atoms with Gasteiger partial charge in [0.2, 0.25) is 0 Å². The maximum absolute atomic E-state index is 14.5. The summed E-state index contributed by atoms with van der Waals surface area (Å²) in [6.07, 6.45) is 4.68. The molecule has 0 unspecified atom stereocenters. The molecule has 38 heavy (non-hydrogen) atoms. The van der Waals surface area contributed by atoms with Gasteiger partial charge in [-0.2, -0.15) is 0 Å². The molecule has 4 aliphatic carbocycles. The van der Waals surface area contributed by atoms with Gasteiger partial charge in [-0.3, -0.25) is 4.79 Å². The summed E-state index contributed by atoms with van der Waals surface area (Å²) in [6, 6.07) is 10.3. The van der Waals surface area contributed by atoms with Crippen molar-refractivity contribution >= 4 is 23.4 Å². The smallest absolute Gasteiger partial charge is 0.340 e. The highest BCUT2D eigenvalue weighted by Gasteiger charge is 2.55. The number of methoxy groups -OCH3 is 1. The number of nitrogens with zero attached hydrogens (tertiary/aromatic N) is 3. The summed E-state index contributed by atoms with van der Waals surface area (Å²) in [5, 5.41) is 14.1. The second kappa shape index (κ2) is 9.52. The minimum absolute atomic E-state index is 0.0723. The van der Waals surface area contributed by atoms with E-state index in [1.165, 1.54) is 19.2 Å². The number of aliphatic hydroxyl groups is 1. The summed E-state index contributed by atoms with van der Waals surface area (Å²) in [4.78, 5) is 34.0. The third-order valence-electron chi connectivity index (χ3n) is 9.15. The van der Waals surface area contributed by atoms with Gasteiger partial charge in [0.15, 0.2) is 0 Å². The first-order chi connectivity index (χ1) is 18.2. The van der Waals surface area contributed by atoms with E-state index in [-0.39, 0.29) is 23.6 Å². The zero-order valence-electron chi connectivity index (χ0n) is 21.9. The second-order valence-electron chi connectivity index (χ2n) is 11.7. The van der Waals surface area contributed by atoms with Crippen LogP contribution in [-0.2, 0) is 4.74 Å². The summed E-state index contributed by atoms with van der Waals surface area (Å²) in [5.74, 6) is 0.590. The number of amides is 1. The highest BCUT2D eigenvalue weighted by molar-refractivity contribution is 5.93. The molecule has 5 fully saturated rings. The highest BCUT2D eigenvalue weighted by atomic mass is 19.1. The van der Waals surface area contributed by atoms with Crippen LogP contribution in [0.4, 0.5) is 15.9 Å². The number of hydrogen-bond donors (Lipinski definition) is 2. The normalized spacial score (nSPS) is 31.8. The van der Waals surface area contributed by atoms with Gasteiger partial charge in [-0.25, -0.2) is 14.2 Å². The molecule has 9 heteroatoms. The Bertz CT molecular complexity index is 1240. The molecule has 3 atom stereocenters. The molecule has 1 aromatic carbocycles. The molecular formula is C29H35FN4O4. The van der Waals surface area contributed by atoms with Crippen LogP contribution in [0, 0.1) is 23.6 Å². The molecule has 4 saturated carbocycles. The second-order valence-corrected chi connectivity index (χ2v) is 11.7. The van der Waals surface area contributed by atoms with Crippen LogP contribution in [0.25, 0.3) is 0 Å². The van der Waals surface area contributed by atoms with Crippen molar-refractivity contribution in [1.29, 1.82) is 0 Å². The SMILES string of the molecule is COC(=O)c1ccc(N2CCN(c3cccc(C(=O)NC4[C@@H]5CC6C[C@@H]4CC(O)(C6)C5)n3)[C@H](C)C2)cc1F. The van der Waals surface area contributed by atoms with Crippen LogP contribution >= 0.6 is 0 Å². The maximum atomic E-state index is 14.5. The summed E-state index contributed by atoms with van der Waals surface area (Å²) in [6.45, 7) is 4.03. The summed E-state index contributed by atoms with van der Waals surface area (Å²) in [7, 11) is 1.23. The predicted octanol–water partition coefficient (Wildman–Crippen LogP) is 3.39. The lowest BCUT2D eigenvalue weighted by molar-refractivity contribution is -0.136. The minimum atomic E-state index is -0.692. The van der Waals surface area contributed by atoms with Crippen molar-refractivity contribution in [2.75, 3.05) is 36.5 Å². The molecule has 1 aliphatic heterocycles.